The number of ketones is 1. The molecule has 1 N–H and O–H groups in total. The first-order chi connectivity index (χ1) is 7.25. The van der Waals surface area contributed by atoms with Crippen LogP contribution in [0, 0.1) is 5.82 Å². The fraction of sp³-hybridized carbons (Fsp3) is 0.417. The number of anilines is 1. The molecule has 0 spiro atoms. The molecule has 78 valence electrons. The molecular formula is C12H12FNO. The SMILES string of the molecule is O=C1CCC[C@@H]2c3cc(F)ccc3N[C@H]12. The highest BCUT2D eigenvalue weighted by Gasteiger charge is 2.38. The van der Waals surface area contributed by atoms with Gasteiger partial charge in [-0.3, -0.25) is 4.79 Å². The summed E-state index contributed by atoms with van der Waals surface area (Å²) in [4.78, 5) is 11.7. The van der Waals surface area contributed by atoms with Gasteiger partial charge >= 0.3 is 0 Å². The standard InChI is InChI=1S/C12H12FNO/c13-7-4-5-10-9(6-7)8-2-1-3-11(15)12(8)14-10/h4-6,8,12,14H,1-3H2/t8-,12+/m1/s1. The van der Waals surface area contributed by atoms with Crippen molar-refractivity contribution in [3.05, 3.63) is 29.6 Å². The van der Waals surface area contributed by atoms with Gasteiger partial charge in [-0.05, 0) is 36.6 Å². The minimum Gasteiger partial charge on any atom is -0.375 e. The highest BCUT2D eigenvalue weighted by Crippen LogP contribution is 2.42. The highest BCUT2D eigenvalue weighted by molar-refractivity contribution is 5.91. The van der Waals surface area contributed by atoms with E-state index in [0.29, 0.717) is 6.42 Å². The molecule has 2 nitrogen and oxygen atoms in total. The predicted molar refractivity (Wildman–Crippen MR) is 55.4 cm³/mol. The average Bonchev–Trinajstić information content (AvgIpc) is 2.58. The van der Waals surface area contributed by atoms with Crippen LogP contribution in [-0.4, -0.2) is 11.8 Å². The van der Waals surface area contributed by atoms with Crippen molar-refractivity contribution in [1.82, 2.24) is 0 Å². The highest BCUT2D eigenvalue weighted by atomic mass is 19.1. The lowest BCUT2D eigenvalue weighted by atomic mass is 9.82. The monoisotopic (exact) mass is 205 g/mol. The zero-order chi connectivity index (χ0) is 10.4. The molecule has 3 rings (SSSR count). The van der Waals surface area contributed by atoms with E-state index in [9.17, 15) is 9.18 Å². The fourth-order valence-electron chi connectivity index (χ4n) is 2.70. The van der Waals surface area contributed by atoms with E-state index in [2.05, 4.69) is 5.32 Å². The molecule has 2 aliphatic rings. The van der Waals surface area contributed by atoms with E-state index in [4.69, 9.17) is 0 Å². The summed E-state index contributed by atoms with van der Waals surface area (Å²) in [5.74, 6) is 0.244. The summed E-state index contributed by atoms with van der Waals surface area (Å²) >= 11 is 0. The Bertz CT molecular complexity index is 430. The van der Waals surface area contributed by atoms with Crippen molar-refractivity contribution in [3.63, 3.8) is 0 Å². The van der Waals surface area contributed by atoms with Crippen LogP contribution in [0.1, 0.15) is 30.7 Å². The van der Waals surface area contributed by atoms with E-state index in [1.807, 2.05) is 0 Å². The fourth-order valence-corrected chi connectivity index (χ4v) is 2.70. The predicted octanol–water partition coefficient (Wildman–Crippen LogP) is 2.46. The van der Waals surface area contributed by atoms with E-state index in [1.165, 1.54) is 6.07 Å². The molecule has 3 heteroatoms. The lowest BCUT2D eigenvalue weighted by Crippen LogP contribution is -2.33. The Balaban J connectivity index is 2.05. The third kappa shape index (κ3) is 1.26. The van der Waals surface area contributed by atoms with E-state index in [-0.39, 0.29) is 23.6 Å². The first-order valence-corrected chi connectivity index (χ1v) is 5.34. The number of rotatable bonds is 0. The molecule has 15 heavy (non-hydrogen) atoms. The van der Waals surface area contributed by atoms with Crippen LogP contribution in [0.3, 0.4) is 0 Å². The Kier molecular flexibility index (Phi) is 1.81. The summed E-state index contributed by atoms with van der Waals surface area (Å²) < 4.78 is 13.1. The maximum atomic E-state index is 13.1. The number of halogens is 1. The van der Waals surface area contributed by atoms with Crippen molar-refractivity contribution in [2.24, 2.45) is 0 Å². The summed E-state index contributed by atoms with van der Waals surface area (Å²) in [6.07, 6.45) is 2.57. The van der Waals surface area contributed by atoms with E-state index in [1.54, 1.807) is 12.1 Å². The van der Waals surface area contributed by atoms with Crippen LogP contribution in [0.25, 0.3) is 0 Å². The number of hydrogen-bond acceptors (Lipinski definition) is 2. The maximum absolute atomic E-state index is 13.1. The van der Waals surface area contributed by atoms with Crippen molar-refractivity contribution in [1.29, 1.82) is 0 Å². The Morgan fingerprint density at radius 3 is 3.13 bits per heavy atom. The van der Waals surface area contributed by atoms with Crippen molar-refractivity contribution in [3.8, 4) is 0 Å². The zero-order valence-corrected chi connectivity index (χ0v) is 8.29. The molecule has 1 fully saturated rings. The number of hydrogen-bond donors (Lipinski definition) is 1. The van der Waals surface area contributed by atoms with E-state index < -0.39 is 0 Å². The summed E-state index contributed by atoms with van der Waals surface area (Å²) in [5.41, 5.74) is 1.91. The molecule has 1 aromatic rings. The number of Topliss-reactive ketones (excluding diaryl/α,β-unsaturated/α-hetero) is 1. The van der Waals surface area contributed by atoms with Crippen LogP contribution in [0.15, 0.2) is 18.2 Å². The van der Waals surface area contributed by atoms with Crippen LogP contribution in [0.4, 0.5) is 10.1 Å². The summed E-state index contributed by atoms with van der Waals surface area (Å²) in [5, 5.41) is 3.20. The van der Waals surface area contributed by atoms with Gasteiger partial charge in [0, 0.05) is 18.0 Å². The van der Waals surface area contributed by atoms with Gasteiger partial charge in [0.2, 0.25) is 0 Å². The second-order valence-electron chi connectivity index (χ2n) is 4.32. The van der Waals surface area contributed by atoms with Crippen molar-refractivity contribution >= 4 is 11.5 Å². The van der Waals surface area contributed by atoms with Crippen LogP contribution < -0.4 is 5.32 Å². The van der Waals surface area contributed by atoms with Crippen LogP contribution in [-0.2, 0) is 4.79 Å². The molecule has 1 saturated carbocycles. The lowest BCUT2D eigenvalue weighted by molar-refractivity contribution is -0.121. The lowest BCUT2D eigenvalue weighted by Gasteiger charge is -2.23. The van der Waals surface area contributed by atoms with Crippen LogP contribution in [0.2, 0.25) is 0 Å². The molecule has 1 aliphatic heterocycles. The number of carbonyl (C=O) groups excluding carboxylic acids is 1. The Hall–Kier alpha value is -1.38. The van der Waals surface area contributed by atoms with Gasteiger partial charge in [0.05, 0.1) is 6.04 Å². The van der Waals surface area contributed by atoms with Crippen LogP contribution >= 0.6 is 0 Å². The van der Waals surface area contributed by atoms with Crippen molar-refractivity contribution < 1.29 is 9.18 Å². The largest absolute Gasteiger partial charge is 0.375 e. The first kappa shape index (κ1) is 8.89. The smallest absolute Gasteiger partial charge is 0.155 e. The molecule has 0 radical (unpaired) electrons. The third-order valence-electron chi connectivity index (χ3n) is 3.41. The molecule has 1 aliphatic carbocycles. The molecule has 2 atom stereocenters. The quantitative estimate of drug-likeness (QED) is 0.704. The van der Waals surface area contributed by atoms with Crippen molar-refractivity contribution in [2.75, 3.05) is 5.32 Å². The average molecular weight is 205 g/mol. The number of carbonyl (C=O) groups is 1. The van der Waals surface area contributed by atoms with Gasteiger partial charge in [-0.15, -0.1) is 0 Å². The van der Waals surface area contributed by atoms with Gasteiger partial charge in [-0.1, -0.05) is 0 Å². The van der Waals surface area contributed by atoms with Gasteiger partial charge in [0.15, 0.2) is 5.78 Å². The normalized spacial score (nSPS) is 28.2. The number of fused-ring (bicyclic) bond motifs is 3. The first-order valence-electron chi connectivity index (χ1n) is 5.34. The van der Waals surface area contributed by atoms with Gasteiger partial charge in [-0.25, -0.2) is 4.39 Å². The number of benzene rings is 1. The van der Waals surface area contributed by atoms with Gasteiger partial charge in [-0.2, -0.15) is 0 Å². The summed E-state index contributed by atoms with van der Waals surface area (Å²) in [6.45, 7) is 0. The Labute approximate surface area is 87.5 Å². The third-order valence-corrected chi connectivity index (χ3v) is 3.41. The molecule has 0 saturated heterocycles. The maximum Gasteiger partial charge on any atom is 0.155 e. The molecular weight excluding hydrogens is 193 g/mol. The second kappa shape index (κ2) is 3.05. The number of nitrogens with one attached hydrogen (secondary N) is 1. The minimum atomic E-state index is -0.214. The van der Waals surface area contributed by atoms with Gasteiger partial charge in [0.1, 0.15) is 5.82 Å². The minimum absolute atomic E-state index is 0.101. The molecule has 1 heterocycles. The second-order valence-corrected chi connectivity index (χ2v) is 4.32. The Morgan fingerprint density at radius 2 is 2.27 bits per heavy atom. The summed E-state index contributed by atoms with van der Waals surface area (Å²) in [7, 11) is 0. The molecule has 0 aromatic heterocycles. The van der Waals surface area contributed by atoms with Gasteiger partial charge in [0.25, 0.3) is 0 Å². The zero-order valence-electron chi connectivity index (χ0n) is 8.29. The molecule has 0 amide bonds. The molecule has 0 unspecified atom stereocenters. The van der Waals surface area contributed by atoms with E-state index >= 15 is 0 Å². The molecule has 0 bridgehead atoms. The topological polar surface area (TPSA) is 29.1 Å². The summed E-state index contributed by atoms with van der Waals surface area (Å²) in [6, 6.07) is 4.63. The Morgan fingerprint density at radius 1 is 1.40 bits per heavy atom. The van der Waals surface area contributed by atoms with Crippen molar-refractivity contribution in [2.45, 2.75) is 31.2 Å². The van der Waals surface area contributed by atoms with Crippen LogP contribution in [0.5, 0.6) is 0 Å². The van der Waals surface area contributed by atoms with E-state index in [0.717, 1.165) is 24.1 Å². The molecule has 1 aromatic carbocycles. The van der Waals surface area contributed by atoms with Gasteiger partial charge < -0.3 is 5.32 Å².